The van der Waals surface area contributed by atoms with E-state index in [4.69, 9.17) is 14.9 Å². The van der Waals surface area contributed by atoms with Crippen LogP contribution in [0.4, 0.5) is 0 Å². The first-order valence-corrected chi connectivity index (χ1v) is 19.4. The largest absolute Gasteiger partial charge is 0.480 e. The van der Waals surface area contributed by atoms with Gasteiger partial charge in [-0.2, -0.15) is 0 Å². The molecule has 0 aliphatic carbocycles. The minimum Gasteiger partial charge on any atom is -0.480 e. The first kappa shape index (κ1) is 46.1. The maximum Gasteiger partial charge on any atom is 0.328 e. The number of allylic oxidation sites excluding steroid dienone is 5. The molecule has 2 unspecified atom stereocenters. The van der Waals surface area contributed by atoms with Crippen molar-refractivity contribution in [2.75, 3.05) is 13.2 Å². The number of unbranched alkanes of at least 4 members (excludes halogenated alkanes) is 16. The molecule has 282 valence electrons. The molecule has 0 saturated carbocycles. The Morgan fingerprint density at radius 2 is 1.16 bits per heavy atom. The highest BCUT2D eigenvalue weighted by Crippen LogP contribution is 2.14. The van der Waals surface area contributed by atoms with Gasteiger partial charge >= 0.3 is 11.9 Å². The fourth-order valence-corrected chi connectivity index (χ4v) is 5.30. The number of carbonyl (C=O) groups is 4. The van der Waals surface area contributed by atoms with Gasteiger partial charge in [0.2, 0.25) is 11.8 Å². The molecule has 0 radical (unpaired) electrons. The number of nitrogens with one attached hydrogen (secondary N) is 2. The molecule has 2 atom stereocenters. The lowest BCUT2D eigenvalue weighted by molar-refractivity contribution is -0.147. The van der Waals surface area contributed by atoms with Crippen LogP contribution < -0.4 is 10.6 Å². The van der Waals surface area contributed by atoms with Crippen LogP contribution >= 0.6 is 0 Å². The number of aliphatic hydroxyl groups excluding tert-OH is 1. The molecule has 0 aliphatic heterocycles. The van der Waals surface area contributed by atoms with E-state index in [1.165, 1.54) is 70.6 Å². The molecule has 0 aromatic rings. The van der Waals surface area contributed by atoms with E-state index in [1.807, 2.05) is 6.08 Å². The van der Waals surface area contributed by atoms with Crippen LogP contribution in [0.5, 0.6) is 0 Å². The van der Waals surface area contributed by atoms with Crippen LogP contribution in [0.25, 0.3) is 0 Å². The molecule has 2 amide bonds. The van der Waals surface area contributed by atoms with Crippen molar-refractivity contribution in [3.63, 3.8) is 0 Å². The van der Waals surface area contributed by atoms with Crippen molar-refractivity contribution in [2.45, 2.75) is 180 Å². The second kappa shape index (κ2) is 34.9. The Morgan fingerprint density at radius 1 is 0.633 bits per heavy atom. The van der Waals surface area contributed by atoms with Crippen molar-refractivity contribution in [3.05, 3.63) is 36.5 Å². The van der Waals surface area contributed by atoms with Gasteiger partial charge in [0, 0.05) is 12.8 Å². The van der Waals surface area contributed by atoms with Crippen molar-refractivity contribution in [2.24, 2.45) is 0 Å². The fraction of sp³-hybridized carbons (Fsp3) is 0.750. The van der Waals surface area contributed by atoms with Gasteiger partial charge in [-0.05, 0) is 76.7 Å². The molecule has 9 nitrogen and oxygen atoms in total. The number of carbonyl (C=O) groups excluding carboxylic acids is 3. The molecule has 49 heavy (non-hydrogen) atoms. The summed E-state index contributed by atoms with van der Waals surface area (Å²) in [6.45, 7) is 3.39. The van der Waals surface area contributed by atoms with Gasteiger partial charge < -0.3 is 25.6 Å². The summed E-state index contributed by atoms with van der Waals surface area (Å²) in [5.74, 6) is -2.44. The normalized spacial score (nSPS) is 12.9. The van der Waals surface area contributed by atoms with Gasteiger partial charge in [-0.25, -0.2) is 4.79 Å². The topological polar surface area (TPSA) is 142 Å². The maximum absolute atomic E-state index is 12.6. The van der Waals surface area contributed by atoms with E-state index in [9.17, 15) is 19.2 Å². The van der Waals surface area contributed by atoms with E-state index in [0.29, 0.717) is 12.8 Å². The Hall–Kier alpha value is -2.94. The number of ether oxygens (including phenoxy) is 1. The number of esters is 1. The third kappa shape index (κ3) is 32.0. The zero-order chi connectivity index (χ0) is 36.2. The molecule has 0 aromatic carbocycles. The van der Waals surface area contributed by atoms with Crippen LogP contribution in [0.3, 0.4) is 0 Å². The summed E-state index contributed by atoms with van der Waals surface area (Å²) in [6, 6.07) is -1.39. The number of hydrogen-bond donors (Lipinski definition) is 4. The first-order chi connectivity index (χ1) is 23.8. The summed E-state index contributed by atoms with van der Waals surface area (Å²) in [6.07, 6.45) is 37.6. The molecule has 0 rings (SSSR count). The lowest BCUT2D eigenvalue weighted by Gasteiger charge is -2.15. The van der Waals surface area contributed by atoms with Crippen molar-refractivity contribution in [1.29, 1.82) is 0 Å². The zero-order valence-electron chi connectivity index (χ0n) is 30.9. The molecule has 0 aromatic heterocycles. The highest BCUT2D eigenvalue weighted by atomic mass is 16.5. The number of rotatable bonds is 34. The predicted octanol–water partition coefficient (Wildman–Crippen LogP) is 8.65. The van der Waals surface area contributed by atoms with Crippen LogP contribution in [0, 0.1) is 0 Å². The van der Waals surface area contributed by atoms with Crippen LogP contribution in [0.2, 0.25) is 0 Å². The van der Waals surface area contributed by atoms with Gasteiger partial charge in [0.15, 0.2) is 0 Å². The van der Waals surface area contributed by atoms with Crippen molar-refractivity contribution in [1.82, 2.24) is 10.6 Å². The Bertz CT molecular complexity index is 932. The van der Waals surface area contributed by atoms with Gasteiger partial charge in [0.1, 0.15) is 12.1 Å². The fourth-order valence-electron chi connectivity index (χ4n) is 5.30. The lowest BCUT2D eigenvalue weighted by atomic mass is 10.1. The number of carboxylic acids is 1. The monoisotopic (exact) mass is 691 g/mol. The Labute approximate surface area is 297 Å². The van der Waals surface area contributed by atoms with E-state index in [2.05, 4.69) is 54.9 Å². The summed E-state index contributed by atoms with van der Waals surface area (Å²) < 4.78 is 5.86. The molecule has 0 saturated heterocycles. The summed E-state index contributed by atoms with van der Waals surface area (Å²) in [5, 5.41) is 22.5. The molecule has 9 heteroatoms. The third-order valence-corrected chi connectivity index (χ3v) is 8.34. The summed E-state index contributed by atoms with van der Waals surface area (Å²) in [7, 11) is 0. The molecule has 4 N–H and O–H groups in total. The average molecular weight is 691 g/mol. The Morgan fingerprint density at radius 3 is 1.80 bits per heavy atom. The number of amides is 2. The second-order valence-corrected chi connectivity index (χ2v) is 13.0. The maximum atomic E-state index is 12.6. The summed E-state index contributed by atoms with van der Waals surface area (Å²) in [4.78, 5) is 47.4. The lowest BCUT2D eigenvalue weighted by Crippen LogP contribution is -2.47. The quantitative estimate of drug-likeness (QED) is 0.0301. The van der Waals surface area contributed by atoms with Gasteiger partial charge in [0.05, 0.1) is 13.2 Å². The smallest absolute Gasteiger partial charge is 0.328 e. The zero-order valence-corrected chi connectivity index (χ0v) is 30.9. The molecule has 0 bridgehead atoms. The molecule has 0 fully saturated rings. The van der Waals surface area contributed by atoms with Gasteiger partial charge in [-0.15, -0.1) is 0 Å². The average Bonchev–Trinajstić information content (AvgIpc) is 3.08. The third-order valence-electron chi connectivity index (χ3n) is 8.34. The van der Waals surface area contributed by atoms with E-state index in [0.717, 1.165) is 64.2 Å². The van der Waals surface area contributed by atoms with Crippen LogP contribution in [0.15, 0.2) is 36.5 Å². The van der Waals surface area contributed by atoms with Crippen LogP contribution in [-0.4, -0.2) is 59.3 Å². The van der Waals surface area contributed by atoms with E-state index in [1.54, 1.807) is 0 Å². The minimum atomic E-state index is -1.39. The van der Waals surface area contributed by atoms with Crippen LogP contribution in [-0.2, 0) is 23.9 Å². The summed E-state index contributed by atoms with van der Waals surface area (Å²) in [5.41, 5.74) is 0. The minimum absolute atomic E-state index is 0.138. The Kier molecular flexibility index (Phi) is 32.8. The van der Waals surface area contributed by atoms with Gasteiger partial charge in [0.25, 0.3) is 0 Å². The molecular weight excluding hydrogens is 620 g/mol. The first-order valence-electron chi connectivity index (χ1n) is 19.4. The van der Waals surface area contributed by atoms with E-state index < -0.39 is 24.5 Å². The van der Waals surface area contributed by atoms with E-state index in [-0.39, 0.29) is 30.9 Å². The standard InChI is InChI=1S/C40H70N2O7/c1-3-5-7-9-11-13-14-15-16-17-18-20-22-28-32-39(46)49-35(29-25-21-19-12-10-8-6-4-2)30-26-23-24-27-31-37(44)41-33-38(45)42-36(34-43)40(47)48/h12,14-15,19,25,29,35-36,43H,3-11,13,16-18,20-24,26-28,30-34H2,1-2H3,(H,41,44)(H,42,45)(H,47,48)/b15-14-,19-12-,29-25-. The number of carboxylic acid groups (broad SMARTS) is 1. The van der Waals surface area contributed by atoms with Crippen LogP contribution in [0.1, 0.15) is 168 Å². The molecular formula is C40H70N2O7. The van der Waals surface area contributed by atoms with E-state index >= 15 is 0 Å². The van der Waals surface area contributed by atoms with Gasteiger partial charge in [-0.1, -0.05) is 115 Å². The SMILES string of the molecule is CCCCC/C=C\C/C=C\C(CCCCCCC(=O)NCC(=O)NC(CO)C(=O)O)OC(=O)CCCCCCC/C=C\CCCCCCC. The van der Waals surface area contributed by atoms with Crippen molar-refractivity contribution >= 4 is 23.8 Å². The highest BCUT2D eigenvalue weighted by molar-refractivity contribution is 5.87. The number of aliphatic hydroxyl groups is 1. The summed E-state index contributed by atoms with van der Waals surface area (Å²) >= 11 is 0. The van der Waals surface area contributed by atoms with Gasteiger partial charge in [-0.3, -0.25) is 14.4 Å². The highest BCUT2D eigenvalue weighted by Gasteiger charge is 2.18. The van der Waals surface area contributed by atoms with Crippen molar-refractivity contribution in [3.8, 4) is 0 Å². The van der Waals surface area contributed by atoms with Crippen molar-refractivity contribution < 1.29 is 34.1 Å². The second-order valence-electron chi connectivity index (χ2n) is 13.0. The Balaban J connectivity index is 4.34. The molecule has 0 spiro atoms. The predicted molar refractivity (Wildman–Crippen MR) is 199 cm³/mol. The molecule has 0 aliphatic rings. The number of aliphatic carboxylic acids is 1. The number of hydrogen-bond acceptors (Lipinski definition) is 6. The molecule has 0 heterocycles.